The molecular weight excluding hydrogens is 354 g/mol. The number of morpholine rings is 1. The molecule has 0 aliphatic carbocycles. The maximum atomic E-state index is 5.62. The molecule has 0 bridgehead atoms. The van der Waals surface area contributed by atoms with E-state index in [0.29, 0.717) is 5.11 Å². The number of rotatable bonds is 5. The molecule has 1 aliphatic heterocycles. The second-order valence-electron chi connectivity index (χ2n) is 7.21. The average Bonchev–Trinajstić information content (AvgIpc) is 2.66. The second-order valence-corrected chi connectivity index (χ2v) is 7.62. The summed E-state index contributed by atoms with van der Waals surface area (Å²) >= 11 is 5.62. The van der Waals surface area contributed by atoms with Crippen molar-refractivity contribution in [3.8, 4) is 0 Å². The van der Waals surface area contributed by atoms with Gasteiger partial charge < -0.3 is 15.4 Å². The Labute approximate surface area is 167 Å². The number of thiocarbonyl (C=S) groups is 1. The normalized spacial score (nSPS) is 17.1. The van der Waals surface area contributed by atoms with Gasteiger partial charge in [0.15, 0.2) is 5.11 Å². The molecule has 5 heteroatoms. The van der Waals surface area contributed by atoms with E-state index in [9.17, 15) is 0 Å². The fraction of sp³-hybridized carbons (Fsp3) is 0.409. The van der Waals surface area contributed by atoms with E-state index in [1.165, 1.54) is 16.7 Å². The Morgan fingerprint density at radius 2 is 1.78 bits per heavy atom. The summed E-state index contributed by atoms with van der Waals surface area (Å²) in [4.78, 5) is 2.48. The van der Waals surface area contributed by atoms with Crippen LogP contribution >= 0.6 is 12.2 Å². The molecule has 0 unspecified atom stereocenters. The molecule has 0 amide bonds. The van der Waals surface area contributed by atoms with Gasteiger partial charge in [-0.05, 0) is 55.7 Å². The van der Waals surface area contributed by atoms with Crippen molar-refractivity contribution in [3.05, 3.63) is 65.2 Å². The Morgan fingerprint density at radius 1 is 1.07 bits per heavy atom. The van der Waals surface area contributed by atoms with Crippen molar-refractivity contribution in [1.29, 1.82) is 0 Å². The van der Waals surface area contributed by atoms with Crippen LogP contribution in [0.2, 0.25) is 0 Å². The van der Waals surface area contributed by atoms with Gasteiger partial charge in [0.05, 0.1) is 19.3 Å². The number of nitrogens with one attached hydrogen (secondary N) is 2. The lowest BCUT2D eigenvalue weighted by molar-refractivity contribution is 0.0102. The smallest absolute Gasteiger partial charge is 0.171 e. The van der Waals surface area contributed by atoms with Crippen LogP contribution in [-0.2, 0) is 4.74 Å². The van der Waals surface area contributed by atoms with Crippen LogP contribution in [-0.4, -0.2) is 42.4 Å². The lowest BCUT2D eigenvalue weighted by Gasteiger charge is -2.38. The minimum atomic E-state index is 0.163. The third-order valence-electron chi connectivity index (χ3n) is 5.05. The zero-order valence-corrected chi connectivity index (χ0v) is 17.2. The fourth-order valence-corrected chi connectivity index (χ4v) is 3.93. The number of ether oxygens (including phenoxy) is 1. The first-order valence-corrected chi connectivity index (χ1v) is 9.97. The van der Waals surface area contributed by atoms with Crippen LogP contribution in [0, 0.1) is 13.8 Å². The standard InChI is InChI=1S/C22H29N3OS/c1-16-9-10-17(2)20(15-16)24-22(27)23-18(3)21(19-7-5-4-6-8-19)25-11-13-26-14-12-25/h4-10,15,18,21H,11-14H2,1-3H3,(H2,23,24,27)/t18-,21+/m1/s1. The van der Waals surface area contributed by atoms with E-state index in [1.807, 2.05) is 0 Å². The molecule has 0 aromatic heterocycles. The zero-order chi connectivity index (χ0) is 19.2. The molecule has 27 heavy (non-hydrogen) atoms. The summed E-state index contributed by atoms with van der Waals surface area (Å²) in [5, 5.41) is 7.53. The first-order chi connectivity index (χ1) is 13.0. The van der Waals surface area contributed by atoms with Gasteiger partial charge in [-0.2, -0.15) is 0 Å². The molecule has 3 rings (SSSR count). The largest absolute Gasteiger partial charge is 0.379 e. The Bertz CT molecular complexity index is 759. The van der Waals surface area contributed by atoms with Gasteiger partial charge in [-0.15, -0.1) is 0 Å². The van der Waals surface area contributed by atoms with Gasteiger partial charge in [0.25, 0.3) is 0 Å². The predicted molar refractivity (Wildman–Crippen MR) is 116 cm³/mol. The molecule has 2 aromatic rings. The van der Waals surface area contributed by atoms with E-state index in [0.717, 1.165) is 32.0 Å². The number of benzene rings is 2. The van der Waals surface area contributed by atoms with Crippen molar-refractivity contribution in [3.63, 3.8) is 0 Å². The Hall–Kier alpha value is -1.95. The SMILES string of the molecule is Cc1ccc(C)c(NC(=S)N[C@H](C)[C@@H](c2ccccc2)N2CCOCC2)c1. The van der Waals surface area contributed by atoms with Crippen LogP contribution in [0.3, 0.4) is 0 Å². The van der Waals surface area contributed by atoms with Gasteiger partial charge in [-0.1, -0.05) is 42.5 Å². The van der Waals surface area contributed by atoms with Crippen molar-refractivity contribution in [2.24, 2.45) is 0 Å². The van der Waals surface area contributed by atoms with Gasteiger partial charge in [-0.3, -0.25) is 4.90 Å². The Balaban J connectivity index is 1.72. The van der Waals surface area contributed by atoms with Crippen molar-refractivity contribution in [1.82, 2.24) is 10.2 Å². The van der Waals surface area contributed by atoms with Gasteiger partial charge in [0, 0.05) is 24.8 Å². The summed E-state index contributed by atoms with van der Waals surface area (Å²) in [6.07, 6.45) is 0. The molecule has 1 heterocycles. The Kier molecular flexibility index (Phi) is 6.83. The highest BCUT2D eigenvalue weighted by Gasteiger charge is 2.28. The van der Waals surface area contributed by atoms with E-state index in [-0.39, 0.29) is 12.1 Å². The topological polar surface area (TPSA) is 36.5 Å². The lowest BCUT2D eigenvalue weighted by atomic mass is 9.98. The molecule has 0 spiro atoms. The minimum absolute atomic E-state index is 0.163. The number of hydrogen-bond donors (Lipinski definition) is 2. The van der Waals surface area contributed by atoms with E-state index >= 15 is 0 Å². The highest BCUT2D eigenvalue weighted by atomic mass is 32.1. The van der Waals surface area contributed by atoms with E-state index in [2.05, 4.69) is 84.8 Å². The predicted octanol–water partition coefficient (Wildman–Crippen LogP) is 4.05. The molecule has 144 valence electrons. The minimum Gasteiger partial charge on any atom is -0.379 e. The van der Waals surface area contributed by atoms with Gasteiger partial charge >= 0.3 is 0 Å². The third-order valence-corrected chi connectivity index (χ3v) is 5.27. The lowest BCUT2D eigenvalue weighted by Crippen LogP contribution is -2.49. The third kappa shape index (κ3) is 5.28. The van der Waals surface area contributed by atoms with E-state index < -0.39 is 0 Å². The van der Waals surface area contributed by atoms with Crippen LogP contribution in [0.5, 0.6) is 0 Å². The van der Waals surface area contributed by atoms with Crippen molar-refractivity contribution < 1.29 is 4.74 Å². The fourth-order valence-electron chi connectivity index (χ4n) is 3.64. The first kappa shape index (κ1) is 19.8. The number of hydrogen-bond acceptors (Lipinski definition) is 3. The molecule has 4 nitrogen and oxygen atoms in total. The Morgan fingerprint density at radius 3 is 2.48 bits per heavy atom. The quantitative estimate of drug-likeness (QED) is 0.762. The van der Waals surface area contributed by atoms with Crippen molar-refractivity contribution >= 4 is 23.0 Å². The van der Waals surface area contributed by atoms with Gasteiger partial charge in [0.2, 0.25) is 0 Å². The van der Waals surface area contributed by atoms with Gasteiger partial charge in [-0.25, -0.2) is 0 Å². The second kappa shape index (κ2) is 9.31. The summed E-state index contributed by atoms with van der Waals surface area (Å²) < 4.78 is 5.55. The first-order valence-electron chi connectivity index (χ1n) is 9.56. The highest BCUT2D eigenvalue weighted by molar-refractivity contribution is 7.80. The van der Waals surface area contributed by atoms with E-state index in [4.69, 9.17) is 17.0 Å². The maximum absolute atomic E-state index is 5.62. The molecule has 0 radical (unpaired) electrons. The van der Waals surface area contributed by atoms with Crippen LogP contribution in [0.15, 0.2) is 48.5 Å². The molecular formula is C22H29N3OS. The molecule has 1 aliphatic rings. The van der Waals surface area contributed by atoms with Crippen LogP contribution in [0.25, 0.3) is 0 Å². The molecule has 2 aromatic carbocycles. The summed E-state index contributed by atoms with van der Waals surface area (Å²) in [6, 6.07) is 17.4. The van der Waals surface area contributed by atoms with E-state index in [1.54, 1.807) is 0 Å². The number of anilines is 1. The van der Waals surface area contributed by atoms with Crippen LogP contribution in [0.1, 0.15) is 29.7 Å². The molecule has 2 atom stereocenters. The number of nitrogens with zero attached hydrogens (tertiary/aromatic N) is 1. The van der Waals surface area contributed by atoms with Crippen molar-refractivity contribution in [2.45, 2.75) is 32.9 Å². The summed E-state index contributed by atoms with van der Waals surface area (Å²) in [5.41, 5.74) is 4.76. The molecule has 2 N–H and O–H groups in total. The van der Waals surface area contributed by atoms with Gasteiger partial charge in [0.1, 0.15) is 0 Å². The molecule has 1 saturated heterocycles. The van der Waals surface area contributed by atoms with Crippen LogP contribution < -0.4 is 10.6 Å². The maximum Gasteiger partial charge on any atom is 0.171 e. The van der Waals surface area contributed by atoms with Crippen LogP contribution in [0.4, 0.5) is 5.69 Å². The number of aryl methyl sites for hydroxylation is 2. The summed E-state index contributed by atoms with van der Waals surface area (Å²) in [6.45, 7) is 9.81. The molecule has 1 fully saturated rings. The molecule has 0 saturated carbocycles. The monoisotopic (exact) mass is 383 g/mol. The zero-order valence-electron chi connectivity index (χ0n) is 16.4. The highest BCUT2D eigenvalue weighted by Crippen LogP contribution is 2.25. The average molecular weight is 384 g/mol. The van der Waals surface area contributed by atoms with Crippen molar-refractivity contribution in [2.75, 3.05) is 31.6 Å². The summed E-state index contributed by atoms with van der Waals surface area (Å²) in [7, 11) is 0. The summed E-state index contributed by atoms with van der Waals surface area (Å²) in [5.74, 6) is 0.